The van der Waals surface area contributed by atoms with Gasteiger partial charge in [0.1, 0.15) is 5.02 Å². The zero-order chi connectivity index (χ0) is 15.3. The van der Waals surface area contributed by atoms with E-state index >= 15 is 0 Å². The highest BCUT2D eigenvalue weighted by Crippen LogP contribution is 2.24. The van der Waals surface area contributed by atoms with Crippen molar-refractivity contribution in [2.75, 3.05) is 12.3 Å². The van der Waals surface area contributed by atoms with Crippen LogP contribution in [0, 0.1) is 10.1 Å². The highest BCUT2D eigenvalue weighted by Gasteiger charge is 2.15. The smallest absolute Gasteiger partial charge is 0.287 e. The second-order valence-electron chi connectivity index (χ2n) is 3.90. The number of hydrogen-bond acceptors (Lipinski definition) is 5. The van der Waals surface area contributed by atoms with Gasteiger partial charge in [0.15, 0.2) is 0 Å². The lowest BCUT2D eigenvalue weighted by Gasteiger charge is -2.05. The van der Waals surface area contributed by atoms with Crippen LogP contribution in [0.5, 0.6) is 0 Å². The minimum Gasteiger partial charge on any atom is -0.352 e. The quantitative estimate of drug-likeness (QED) is 0.451. The van der Waals surface area contributed by atoms with E-state index in [4.69, 9.17) is 16.7 Å². The average molecular weight is 322 g/mol. The summed E-state index contributed by atoms with van der Waals surface area (Å²) in [6.45, 7) is 0.115. The summed E-state index contributed by atoms with van der Waals surface area (Å²) in [4.78, 5) is 21.6. The number of primary sulfonamides is 1. The van der Waals surface area contributed by atoms with Gasteiger partial charge in [0.25, 0.3) is 11.6 Å². The van der Waals surface area contributed by atoms with Gasteiger partial charge in [-0.3, -0.25) is 14.9 Å². The van der Waals surface area contributed by atoms with E-state index in [0.717, 1.165) is 6.07 Å². The van der Waals surface area contributed by atoms with Gasteiger partial charge in [0.05, 0.1) is 10.7 Å². The molecule has 0 aliphatic rings. The number of rotatable bonds is 6. The largest absolute Gasteiger partial charge is 0.352 e. The van der Waals surface area contributed by atoms with Crippen molar-refractivity contribution in [1.29, 1.82) is 0 Å². The number of carbonyl (C=O) groups is 1. The SMILES string of the molecule is NS(=O)(=O)CCCNC(=O)c1ccc([N+](=O)[O-])c(Cl)c1. The molecule has 110 valence electrons. The Labute approximate surface area is 120 Å². The lowest BCUT2D eigenvalue weighted by atomic mass is 10.2. The fraction of sp³-hybridized carbons (Fsp3) is 0.300. The highest BCUT2D eigenvalue weighted by atomic mass is 35.5. The number of nitrogens with two attached hydrogens (primary N) is 1. The molecule has 3 N–H and O–H groups in total. The first kappa shape index (κ1) is 16.3. The van der Waals surface area contributed by atoms with E-state index in [1.807, 2.05) is 0 Å². The summed E-state index contributed by atoms with van der Waals surface area (Å²) in [7, 11) is -3.56. The second-order valence-corrected chi connectivity index (χ2v) is 6.04. The monoisotopic (exact) mass is 321 g/mol. The Morgan fingerprint density at radius 3 is 2.60 bits per heavy atom. The van der Waals surface area contributed by atoms with Crippen LogP contribution in [-0.2, 0) is 10.0 Å². The van der Waals surface area contributed by atoms with E-state index in [1.54, 1.807) is 0 Å². The lowest BCUT2D eigenvalue weighted by molar-refractivity contribution is -0.384. The molecule has 0 bridgehead atoms. The highest BCUT2D eigenvalue weighted by molar-refractivity contribution is 7.89. The fourth-order valence-corrected chi connectivity index (χ4v) is 2.17. The van der Waals surface area contributed by atoms with Crippen molar-refractivity contribution in [3.63, 3.8) is 0 Å². The predicted molar refractivity (Wildman–Crippen MR) is 73.0 cm³/mol. The number of nitrogens with zero attached hydrogens (tertiary/aromatic N) is 1. The molecule has 1 aromatic carbocycles. The van der Waals surface area contributed by atoms with Crippen molar-refractivity contribution in [2.45, 2.75) is 6.42 Å². The third kappa shape index (κ3) is 5.11. The van der Waals surface area contributed by atoms with Gasteiger partial charge in [-0.1, -0.05) is 11.6 Å². The van der Waals surface area contributed by atoms with Crippen LogP contribution in [0.3, 0.4) is 0 Å². The molecule has 0 aliphatic carbocycles. The zero-order valence-electron chi connectivity index (χ0n) is 10.2. The molecule has 1 rings (SSSR count). The van der Waals surface area contributed by atoms with Gasteiger partial charge in [0.2, 0.25) is 10.0 Å². The molecule has 0 heterocycles. The maximum Gasteiger partial charge on any atom is 0.287 e. The van der Waals surface area contributed by atoms with E-state index in [0.29, 0.717) is 0 Å². The maximum atomic E-state index is 11.7. The van der Waals surface area contributed by atoms with Gasteiger partial charge in [-0.25, -0.2) is 13.6 Å². The number of nitrogens with one attached hydrogen (secondary N) is 1. The number of nitro groups is 1. The van der Waals surface area contributed by atoms with Crippen LogP contribution >= 0.6 is 11.6 Å². The topological polar surface area (TPSA) is 132 Å². The van der Waals surface area contributed by atoms with Crippen LogP contribution in [0.1, 0.15) is 16.8 Å². The van der Waals surface area contributed by atoms with Crippen molar-refractivity contribution in [2.24, 2.45) is 5.14 Å². The van der Waals surface area contributed by atoms with Gasteiger partial charge in [-0.2, -0.15) is 0 Å². The first-order chi connectivity index (χ1) is 9.20. The minimum atomic E-state index is -3.56. The molecule has 0 fully saturated rings. The predicted octanol–water partition coefficient (Wildman–Crippen LogP) is 0.657. The van der Waals surface area contributed by atoms with Crippen LogP contribution in [-0.4, -0.2) is 31.5 Å². The number of benzene rings is 1. The van der Waals surface area contributed by atoms with Crippen LogP contribution in [0.2, 0.25) is 5.02 Å². The molecule has 20 heavy (non-hydrogen) atoms. The third-order valence-corrected chi connectivity index (χ3v) is 3.46. The van der Waals surface area contributed by atoms with Crippen molar-refractivity contribution in [3.05, 3.63) is 38.9 Å². The minimum absolute atomic E-state index is 0.115. The van der Waals surface area contributed by atoms with Crippen molar-refractivity contribution < 1.29 is 18.1 Å². The molecular formula is C10H12ClN3O5S. The summed E-state index contributed by atoms with van der Waals surface area (Å²) in [5.41, 5.74) is -0.145. The van der Waals surface area contributed by atoms with Crippen molar-refractivity contribution in [1.82, 2.24) is 5.32 Å². The molecule has 0 spiro atoms. The molecule has 0 aliphatic heterocycles. The molecule has 1 amide bonds. The van der Waals surface area contributed by atoms with Crippen molar-refractivity contribution >= 4 is 33.2 Å². The summed E-state index contributed by atoms with van der Waals surface area (Å²) in [6, 6.07) is 3.56. The Morgan fingerprint density at radius 2 is 2.10 bits per heavy atom. The Morgan fingerprint density at radius 1 is 1.45 bits per heavy atom. The van der Waals surface area contributed by atoms with Gasteiger partial charge < -0.3 is 5.32 Å². The van der Waals surface area contributed by atoms with E-state index in [2.05, 4.69) is 5.32 Å². The Bertz CT molecular complexity index is 632. The molecule has 0 saturated carbocycles. The molecule has 0 atom stereocenters. The molecule has 1 aromatic rings. The lowest BCUT2D eigenvalue weighted by Crippen LogP contribution is -2.27. The van der Waals surface area contributed by atoms with Crippen LogP contribution in [0.15, 0.2) is 18.2 Å². The zero-order valence-corrected chi connectivity index (χ0v) is 11.8. The van der Waals surface area contributed by atoms with Crippen LogP contribution < -0.4 is 10.5 Å². The molecular weight excluding hydrogens is 310 g/mol. The summed E-state index contributed by atoms with van der Waals surface area (Å²) < 4.78 is 21.4. The second kappa shape index (κ2) is 6.64. The molecule has 0 unspecified atom stereocenters. The summed E-state index contributed by atoms with van der Waals surface area (Å²) in [5, 5.41) is 17.7. The van der Waals surface area contributed by atoms with Crippen LogP contribution in [0.4, 0.5) is 5.69 Å². The Kier molecular flexibility index (Phi) is 5.43. The van der Waals surface area contributed by atoms with Crippen LogP contribution in [0.25, 0.3) is 0 Å². The van der Waals surface area contributed by atoms with E-state index in [1.165, 1.54) is 12.1 Å². The van der Waals surface area contributed by atoms with Gasteiger partial charge in [-0.15, -0.1) is 0 Å². The average Bonchev–Trinajstić information content (AvgIpc) is 2.32. The first-order valence-corrected chi connectivity index (χ1v) is 7.52. The van der Waals surface area contributed by atoms with E-state index < -0.39 is 20.9 Å². The summed E-state index contributed by atoms with van der Waals surface area (Å²) in [5.74, 6) is -0.745. The van der Waals surface area contributed by atoms with Gasteiger partial charge in [0, 0.05) is 18.2 Å². The normalized spacial score (nSPS) is 11.1. The van der Waals surface area contributed by atoms with Gasteiger partial charge >= 0.3 is 0 Å². The Hall–Kier alpha value is -1.71. The standard InChI is InChI=1S/C10H12ClN3O5S/c11-8-6-7(2-3-9(8)14(16)17)10(15)13-4-1-5-20(12,18)19/h2-3,6H,1,4-5H2,(H,13,15)(H2,12,18,19). The fourth-order valence-electron chi connectivity index (χ4n) is 1.37. The molecule has 0 aromatic heterocycles. The number of amides is 1. The molecule has 10 heteroatoms. The first-order valence-electron chi connectivity index (χ1n) is 5.43. The summed E-state index contributed by atoms with van der Waals surface area (Å²) in [6.07, 6.45) is 0.172. The number of carbonyl (C=O) groups excluding carboxylic acids is 1. The number of nitro benzene ring substituents is 1. The third-order valence-electron chi connectivity index (χ3n) is 2.30. The van der Waals surface area contributed by atoms with Crippen molar-refractivity contribution in [3.8, 4) is 0 Å². The molecule has 8 nitrogen and oxygen atoms in total. The number of hydrogen-bond donors (Lipinski definition) is 2. The Balaban J connectivity index is 2.60. The van der Waals surface area contributed by atoms with E-state index in [-0.39, 0.29) is 35.0 Å². The maximum absolute atomic E-state index is 11.7. The van der Waals surface area contributed by atoms with E-state index in [9.17, 15) is 23.3 Å². The number of halogens is 1. The molecule has 0 radical (unpaired) electrons. The number of sulfonamides is 1. The van der Waals surface area contributed by atoms with Gasteiger partial charge in [-0.05, 0) is 18.6 Å². The summed E-state index contributed by atoms with van der Waals surface area (Å²) >= 11 is 5.67. The molecule has 0 saturated heterocycles.